The van der Waals surface area contributed by atoms with E-state index in [4.69, 9.17) is 9.97 Å². The fourth-order valence-electron chi connectivity index (χ4n) is 7.89. The lowest BCUT2D eigenvalue weighted by atomic mass is 9.96. The summed E-state index contributed by atoms with van der Waals surface area (Å²) in [7, 11) is 0. The molecule has 0 bridgehead atoms. The zero-order chi connectivity index (χ0) is 38.8. The highest BCUT2D eigenvalue weighted by molar-refractivity contribution is 6.10. The molecule has 0 saturated heterocycles. The summed E-state index contributed by atoms with van der Waals surface area (Å²) in [6.45, 7) is 0. The van der Waals surface area contributed by atoms with Gasteiger partial charge >= 0.3 is 0 Å². The third kappa shape index (κ3) is 6.35. The van der Waals surface area contributed by atoms with Gasteiger partial charge in [0, 0.05) is 50.2 Å². The lowest BCUT2D eigenvalue weighted by Gasteiger charge is -2.25. The van der Waals surface area contributed by atoms with Crippen LogP contribution < -0.4 is 4.90 Å². The van der Waals surface area contributed by atoms with Crippen LogP contribution in [-0.2, 0) is 0 Å². The molecule has 5 heteroatoms. The first kappa shape index (κ1) is 34.4. The molecule has 58 heavy (non-hydrogen) atoms. The van der Waals surface area contributed by atoms with Crippen LogP contribution >= 0.6 is 0 Å². The maximum Gasteiger partial charge on any atom is 0.160 e. The van der Waals surface area contributed by atoms with Gasteiger partial charge in [0.2, 0.25) is 0 Å². The van der Waals surface area contributed by atoms with Crippen LogP contribution in [0.4, 0.5) is 17.1 Å². The van der Waals surface area contributed by atoms with Crippen molar-refractivity contribution in [1.29, 1.82) is 5.26 Å². The second-order valence-corrected chi connectivity index (χ2v) is 14.2. The molecular formula is C53H35N5. The predicted molar refractivity (Wildman–Crippen MR) is 238 cm³/mol. The van der Waals surface area contributed by atoms with Gasteiger partial charge in [-0.05, 0) is 83.9 Å². The van der Waals surface area contributed by atoms with Gasteiger partial charge in [-0.2, -0.15) is 5.26 Å². The molecule has 0 radical (unpaired) electrons. The Labute approximate surface area is 337 Å². The topological polar surface area (TPSA) is 57.7 Å². The quantitative estimate of drug-likeness (QED) is 0.156. The minimum atomic E-state index is 0.581. The average Bonchev–Trinajstić information content (AvgIpc) is 3.64. The van der Waals surface area contributed by atoms with E-state index in [0.717, 1.165) is 73.0 Å². The summed E-state index contributed by atoms with van der Waals surface area (Å²) in [6, 6.07) is 75.4. The van der Waals surface area contributed by atoms with Crippen molar-refractivity contribution in [3.05, 3.63) is 218 Å². The van der Waals surface area contributed by atoms with Gasteiger partial charge in [0.05, 0.1) is 34.1 Å². The van der Waals surface area contributed by atoms with Gasteiger partial charge in [-0.25, -0.2) is 9.97 Å². The summed E-state index contributed by atoms with van der Waals surface area (Å²) in [5.74, 6) is 0.640. The number of aromatic nitrogens is 3. The molecular weight excluding hydrogens is 707 g/mol. The van der Waals surface area contributed by atoms with E-state index in [1.165, 1.54) is 10.8 Å². The van der Waals surface area contributed by atoms with Gasteiger partial charge in [-0.3, -0.25) is 0 Å². The standard InChI is InChI=1S/C53H35N5/c54-36-41-33-40(50-35-49(38-15-5-1-6-16-38)55-53(56-50)39-17-7-2-8-18-39)27-31-46(41)37-25-28-44(29-26-37)58-51-24-14-13-23-47(51)48-34-45(30-32-52(48)58)57(42-19-9-3-10-20-42)43-21-11-4-12-22-43/h1-35H. The fourth-order valence-corrected chi connectivity index (χ4v) is 7.89. The zero-order valence-corrected chi connectivity index (χ0v) is 31.4. The Kier molecular flexibility index (Phi) is 8.83. The average molecular weight is 742 g/mol. The number of nitriles is 1. The largest absolute Gasteiger partial charge is 0.310 e. The van der Waals surface area contributed by atoms with E-state index < -0.39 is 0 Å². The van der Waals surface area contributed by atoms with Crippen molar-refractivity contribution in [2.24, 2.45) is 0 Å². The maximum atomic E-state index is 10.5. The van der Waals surface area contributed by atoms with Gasteiger partial charge < -0.3 is 9.47 Å². The van der Waals surface area contributed by atoms with E-state index >= 15 is 0 Å². The fraction of sp³-hybridized carbons (Fsp3) is 0. The number of para-hydroxylation sites is 3. The van der Waals surface area contributed by atoms with Crippen molar-refractivity contribution in [3.63, 3.8) is 0 Å². The molecule has 0 spiro atoms. The van der Waals surface area contributed by atoms with E-state index in [2.05, 4.69) is 149 Å². The Morgan fingerprint density at radius 2 is 0.966 bits per heavy atom. The first-order valence-electron chi connectivity index (χ1n) is 19.3. The van der Waals surface area contributed by atoms with Gasteiger partial charge in [0.25, 0.3) is 0 Å². The highest BCUT2D eigenvalue weighted by Crippen LogP contribution is 2.40. The second-order valence-electron chi connectivity index (χ2n) is 14.2. The second kappa shape index (κ2) is 14.9. The molecule has 0 aliphatic heterocycles. The van der Waals surface area contributed by atoms with Crippen molar-refractivity contribution >= 4 is 38.9 Å². The first-order valence-corrected chi connectivity index (χ1v) is 19.3. The van der Waals surface area contributed by atoms with Crippen LogP contribution in [0, 0.1) is 11.3 Å². The third-order valence-corrected chi connectivity index (χ3v) is 10.6. The molecule has 0 N–H and O–H groups in total. The Morgan fingerprint density at radius 1 is 0.414 bits per heavy atom. The number of hydrogen-bond acceptors (Lipinski definition) is 4. The summed E-state index contributed by atoms with van der Waals surface area (Å²) in [5.41, 5.74) is 13.4. The molecule has 0 saturated carbocycles. The zero-order valence-electron chi connectivity index (χ0n) is 31.4. The molecule has 0 unspecified atom stereocenters. The van der Waals surface area contributed by atoms with Gasteiger partial charge in [-0.1, -0.05) is 140 Å². The van der Waals surface area contributed by atoms with Crippen molar-refractivity contribution in [1.82, 2.24) is 14.5 Å². The van der Waals surface area contributed by atoms with Crippen LogP contribution in [-0.4, -0.2) is 14.5 Å². The normalized spacial score (nSPS) is 11.1. The minimum absolute atomic E-state index is 0.581. The molecule has 0 atom stereocenters. The summed E-state index contributed by atoms with van der Waals surface area (Å²) in [6.07, 6.45) is 0. The molecule has 0 aliphatic rings. The van der Waals surface area contributed by atoms with E-state index in [-0.39, 0.29) is 0 Å². The first-order chi connectivity index (χ1) is 28.7. The summed E-state index contributed by atoms with van der Waals surface area (Å²) < 4.78 is 2.33. The van der Waals surface area contributed by atoms with E-state index in [1.807, 2.05) is 78.9 Å². The summed E-state index contributed by atoms with van der Waals surface area (Å²) >= 11 is 0. The lowest BCUT2D eigenvalue weighted by molar-refractivity contribution is 1.18. The van der Waals surface area contributed by atoms with Crippen LogP contribution in [0.3, 0.4) is 0 Å². The van der Waals surface area contributed by atoms with E-state index in [0.29, 0.717) is 11.4 Å². The van der Waals surface area contributed by atoms with Crippen molar-refractivity contribution in [2.75, 3.05) is 4.90 Å². The number of nitrogens with zero attached hydrogens (tertiary/aromatic N) is 5. The Bertz CT molecular complexity index is 3000. The Hall–Kier alpha value is -8.07. The number of anilines is 3. The summed E-state index contributed by atoms with van der Waals surface area (Å²) in [4.78, 5) is 12.2. The number of rotatable bonds is 8. The smallest absolute Gasteiger partial charge is 0.160 e. The number of benzene rings is 8. The number of fused-ring (bicyclic) bond motifs is 3. The molecule has 10 aromatic rings. The monoisotopic (exact) mass is 741 g/mol. The van der Waals surface area contributed by atoms with Crippen LogP contribution in [0.2, 0.25) is 0 Å². The molecule has 10 rings (SSSR count). The molecule has 2 heterocycles. The number of hydrogen-bond donors (Lipinski definition) is 0. The van der Waals surface area contributed by atoms with Crippen LogP contribution in [0.5, 0.6) is 0 Å². The maximum absolute atomic E-state index is 10.5. The van der Waals surface area contributed by atoms with Crippen molar-refractivity contribution in [2.45, 2.75) is 0 Å². The predicted octanol–water partition coefficient (Wildman–Crippen LogP) is 13.6. The SMILES string of the molecule is N#Cc1cc(-c2cc(-c3ccccc3)nc(-c3ccccc3)n2)ccc1-c1ccc(-n2c3ccccc3c3cc(N(c4ccccc4)c4ccccc4)ccc32)cc1. The van der Waals surface area contributed by atoms with Crippen molar-refractivity contribution in [3.8, 4) is 56.8 Å². The molecule has 8 aromatic carbocycles. The molecule has 272 valence electrons. The lowest BCUT2D eigenvalue weighted by Crippen LogP contribution is -2.09. The molecule has 0 aliphatic carbocycles. The Balaban J connectivity index is 1.02. The van der Waals surface area contributed by atoms with E-state index in [1.54, 1.807) is 0 Å². The highest BCUT2D eigenvalue weighted by Gasteiger charge is 2.18. The van der Waals surface area contributed by atoms with E-state index in [9.17, 15) is 5.26 Å². The Morgan fingerprint density at radius 3 is 1.62 bits per heavy atom. The molecule has 2 aromatic heterocycles. The van der Waals surface area contributed by atoms with Crippen LogP contribution in [0.15, 0.2) is 212 Å². The van der Waals surface area contributed by atoms with Gasteiger partial charge in [0.1, 0.15) is 0 Å². The van der Waals surface area contributed by atoms with Gasteiger partial charge in [-0.15, -0.1) is 0 Å². The van der Waals surface area contributed by atoms with Crippen molar-refractivity contribution < 1.29 is 0 Å². The highest BCUT2D eigenvalue weighted by atomic mass is 15.1. The molecule has 5 nitrogen and oxygen atoms in total. The molecule has 0 amide bonds. The summed E-state index contributed by atoms with van der Waals surface area (Å²) in [5, 5.41) is 12.8. The van der Waals surface area contributed by atoms with Gasteiger partial charge in [0.15, 0.2) is 5.82 Å². The molecule has 0 fully saturated rings. The minimum Gasteiger partial charge on any atom is -0.310 e. The third-order valence-electron chi connectivity index (χ3n) is 10.6. The van der Waals surface area contributed by atoms with Crippen LogP contribution in [0.1, 0.15) is 5.56 Å². The van der Waals surface area contributed by atoms with Crippen LogP contribution in [0.25, 0.3) is 72.5 Å².